The fourth-order valence-electron chi connectivity index (χ4n) is 2.79. The van der Waals surface area contributed by atoms with Crippen molar-refractivity contribution in [3.8, 4) is 5.75 Å². The van der Waals surface area contributed by atoms with E-state index >= 15 is 0 Å². The average Bonchev–Trinajstić information content (AvgIpc) is 3.06. The standard InChI is InChI=1S/C18H17N3O4/c22-16-6-2-1-5-13(16)15-10-14(12-4-3-9-19-11-12)20-21(15)17(23)7-8-18(24)25/h1-6,9,11,15,22H,7-8,10H2,(H,24,25)/t15-/m0/s1. The zero-order valence-electron chi connectivity index (χ0n) is 13.4. The van der Waals surface area contributed by atoms with Gasteiger partial charge in [0.25, 0.3) is 0 Å². The van der Waals surface area contributed by atoms with Gasteiger partial charge >= 0.3 is 5.97 Å². The number of carboxylic acids is 1. The van der Waals surface area contributed by atoms with E-state index in [0.717, 1.165) is 5.56 Å². The Hall–Kier alpha value is -3.22. The summed E-state index contributed by atoms with van der Waals surface area (Å²) in [7, 11) is 0. The van der Waals surface area contributed by atoms with E-state index in [-0.39, 0.29) is 18.6 Å². The van der Waals surface area contributed by atoms with Crippen molar-refractivity contribution >= 4 is 17.6 Å². The average molecular weight is 339 g/mol. The molecule has 2 N–H and O–H groups in total. The van der Waals surface area contributed by atoms with Gasteiger partial charge in [-0.3, -0.25) is 14.6 Å². The van der Waals surface area contributed by atoms with Crippen molar-refractivity contribution < 1.29 is 19.8 Å². The highest BCUT2D eigenvalue weighted by Crippen LogP contribution is 2.37. The van der Waals surface area contributed by atoms with Crippen LogP contribution in [0, 0.1) is 0 Å². The fraction of sp³-hybridized carbons (Fsp3) is 0.222. The van der Waals surface area contributed by atoms with E-state index < -0.39 is 17.9 Å². The van der Waals surface area contributed by atoms with Gasteiger partial charge in [0.05, 0.1) is 18.2 Å². The van der Waals surface area contributed by atoms with E-state index in [4.69, 9.17) is 5.11 Å². The summed E-state index contributed by atoms with van der Waals surface area (Å²) >= 11 is 0. The monoisotopic (exact) mass is 339 g/mol. The smallest absolute Gasteiger partial charge is 0.303 e. The number of carbonyl (C=O) groups excluding carboxylic acids is 1. The first-order valence-electron chi connectivity index (χ1n) is 7.86. The number of hydrazone groups is 1. The number of aromatic nitrogens is 1. The molecule has 1 aliphatic heterocycles. The SMILES string of the molecule is O=C(O)CCC(=O)N1N=C(c2cccnc2)C[C@H]1c1ccccc1O. The lowest BCUT2D eigenvalue weighted by atomic mass is 9.98. The minimum atomic E-state index is -1.04. The number of hydrogen-bond donors (Lipinski definition) is 2. The summed E-state index contributed by atoms with van der Waals surface area (Å²) in [5.41, 5.74) is 2.04. The third-order valence-corrected chi connectivity index (χ3v) is 4.01. The molecule has 3 rings (SSSR count). The van der Waals surface area contributed by atoms with Gasteiger partial charge in [0, 0.05) is 36.4 Å². The number of hydrogen-bond acceptors (Lipinski definition) is 5. The Morgan fingerprint density at radius 1 is 1.16 bits per heavy atom. The van der Waals surface area contributed by atoms with Crippen molar-refractivity contribution in [1.82, 2.24) is 9.99 Å². The van der Waals surface area contributed by atoms with Crippen LogP contribution < -0.4 is 0 Å². The summed E-state index contributed by atoms with van der Waals surface area (Å²) in [6.07, 6.45) is 3.31. The molecule has 2 aromatic rings. The van der Waals surface area contributed by atoms with Crippen LogP contribution in [0.3, 0.4) is 0 Å². The van der Waals surface area contributed by atoms with Crippen LogP contribution in [0.1, 0.15) is 36.4 Å². The van der Waals surface area contributed by atoms with Crippen LogP contribution >= 0.6 is 0 Å². The molecule has 1 atom stereocenters. The number of nitrogens with zero attached hydrogens (tertiary/aromatic N) is 3. The van der Waals surface area contributed by atoms with Gasteiger partial charge in [-0.05, 0) is 12.1 Å². The molecule has 0 aliphatic carbocycles. The number of phenols is 1. The maximum absolute atomic E-state index is 12.5. The van der Waals surface area contributed by atoms with Gasteiger partial charge in [0.2, 0.25) is 5.91 Å². The second kappa shape index (κ2) is 7.12. The number of aromatic hydroxyl groups is 1. The lowest BCUT2D eigenvalue weighted by molar-refractivity contribution is -0.141. The number of pyridine rings is 1. The molecule has 0 radical (unpaired) electrons. The normalized spacial score (nSPS) is 16.6. The number of carboxylic acid groups (broad SMARTS) is 1. The second-order valence-electron chi connectivity index (χ2n) is 5.70. The van der Waals surface area contributed by atoms with Crippen LogP contribution in [-0.2, 0) is 9.59 Å². The van der Waals surface area contributed by atoms with Gasteiger partial charge in [-0.25, -0.2) is 5.01 Å². The minimum Gasteiger partial charge on any atom is -0.508 e. The summed E-state index contributed by atoms with van der Waals surface area (Å²) in [5.74, 6) is -1.36. The molecule has 1 aromatic carbocycles. The Labute approximate surface area is 144 Å². The zero-order chi connectivity index (χ0) is 17.8. The van der Waals surface area contributed by atoms with Crippen molar-refractivity contribution in [3.05, 3.63) is 59.9 Å². The Kier molecular flexibility index (Phi) is 4.74. The van der Waals surface area contributed by atoms with Gasteiger partial charge in [0.1, 0.15) is 5.75 Å². The molecule has 128 valence electrons. The number of para-hydroxylation sites is 1. The van der Waals surface area contributed by atoms with E-state index in [0.29, 0.717) is 17.7 Å². The molecule has 7 heteroatoms. The van der Waals surface area contributed by atoms with Crippen molar-refractivity contribution in [2.24, 2.45) is 5.10 Å². The third kappa shape index (κ3) is 3.65. The predicted octanol–water partition coefficient (Wildman–Crippen LogP) is 2.33. The largest absolute Gasteiger partial charge is 0.508 e. The Morgan fingerprint density at radius 3 is 2.64 bits per heavy atom. The summed E-state index contributed by atoms with van der Waals surface area (Å²) in [4.78, 5) is 27.3. The second-order valence-corrected chi connectivity index (χ2v) is 5.70. The summed E-state index contributed by atoms with van der Waals surface area (Å²) < 4.78 is 0. The molecular formula is C18H17N3O4. The molecule has 1 aromatic heterocycles. The predicted molar refractivity (Wildman–Crippen MR) is 90.0 cm³/mol. The lowest BCUT2D eigenvalue weighted by Crippen LogP contribution is -2.27. The zero-order valence-corrected chi connectivity index (χ0v) is 13.4. The number of phenolic OH excluding ortho intramolecular Hbond substituents is 1. The van der Waals surface area contributed by atoms with Crippen LogP contribution in [0.4, 0.5) is 0 Å². The Balaban J connectivity index is 1.92. The van der Waals surface area contributed by atoms with Gasteiger partial charge in [-0.2, -0.15) is 5.10 Å². The van der Waals surface area contributed by atoms with Crippen molar-refractivity contribution in [2.75, 3.05) is 0 Å². The number of aliphatic carboxylic acids is 1. The lowest BCUT2D eigenvalue weighted by Gasteiger charge is -2.22. The van der Waals surface area contributed by atoms with Crippen LogP contribution in [0.5, 0.6) is 5.75 Å². The van der Waals surface area contributed by atoms with Gasteiger partial charge in [-0.1, -0.05) is 24.3 Å². The first kappa shape index (κ1) is 16.6. The highest BCUT2D eigenvalue weighted by molar-refractivity contribution is 6.03. The van der Waals surface area contributed by atoms with Gasteiger partial charge in [0.15, 0.2) is 0 Å². The summed E-state index contributed by atoms with van der Waals surface area (Å²) in [5, 5.41) is 24.6. The third-order valence-electron chi connectivity index (χ3n) is 4.01. The highest BCUT2D eigenvalue weighted by atomic mass is 16.4. The van der Waals surface area contributed by atoms with E-state index in [1.165, 1.54) is 5.01 Å². The molecule has 0 unspecified atom stereocenters. The Bertz CT molecular complexity index is 820. The van der Waals surface area contributed by atoms with E-state index in [1.807, 2.05) is 6.07 Å². The van der Waals surface area contributed by atoms with Crippen molar-refractivity contribution in [2.45, 2.75) is 25.3 Å². The molecule has 0 saturated carbocycles. The van der Waals surface area contributed by atoms with E-state index in [9.17, 15) is 14.7 Å². The molecule has 1 aliphatic rings. The van der Waals surface area contributed by atoms with Crippen molar-refractivity contribution in [3.63, 3.8) is 0 Å². The molecule has 0 saturated heterocycles. The molecule has 2 heterocycles. The van der Waals surface area contributed by atoms with E-state index in [1.54, 1.807) is 42.7 Å². The molecule has 7 nitrogen and oxygen atoms in total. The van der Waals surface area contributed by atoms with Crippen LogP contribution in [-0.4, -0.2) is 37.8 Å². The first-order valence-corrected chi connectivity index (χ1v) is 7.86. The van der Waals surface area contributed by atoms with Crippen molar-refractivity contribution in [1.29, 1.82) is 0 Å². The number of rotatable bonds is 5. The highest BCUT2D eigenvalue weighted by Gasteiger charge is 2.34. The molecule has 25 heavy (non-hydrogen) atoms. The molecule has 1 amide bonds. The Morgan fingerprint density at radius 2 is 1.96 bits per heavy atom. The van der Waals surface area contributed by atoms with Gasteiger partial charge < -0.3 is 10.2 Å². The molecule has 0 fully saturated rings. The maximum Gasteiger partial charge on any atom is 0.303 e. The quantitative estimate of drug-likeness (QED) is 0.870. The number of carbonyl (C=O) groups is 2. The number of benzene rings is 1. The summed E-state index contributed by atoms with van der Waals surface area (Å²) in [6, 6.07) is 9.92. The topological polar surface area (TPSA) is 103 Å². The van der Waals surface area contributed by atoms with Crippen LogP contribution in [0.15, 0.2) is 53.9 Å². The van der Waals surface area contributed by atoms with E-state index in [2.05, 4.69) is 10.1 Å². The van der Waals surface area contributed by atoms with Crippen LogP contribution in [0.2, 0.25) is 0 Å². The maximum atomic E-state index is 12.5. The minimum absolute atomic E-state index is 0.0752. The summed E-state index contributed by atoms with van der Waals surface area (Å²) in [6.45, 7) is 0. The molecule has 0 bridgehead atoms. The molecular weight excluding hydrogens is 322 g/mol. The molecule has 0 spiro atoms. The first-order chi connectivity index (χ1) is 12.1. The fourth-order valence-corrected chi connectivity index (χ4v) is 2.79. The number of amides is 1. The van der Waals surface area contributed by atoms with Crippen LogP contribution in [0.25, 0.3) is 0 Å². The van der Waals surface area contributed by atoms with Gasteiger partial charge in [-0.15, -0.1) is 0 Å².